The molecule has 0 aliphatic rings. The minimum atomic E-state index is -3.93. The molecule has 0 aromatic heterocycles. The first-order valence-corrected chi connectivity index (χ1v) is 7.19. The van der Waals surface area contributed by atoms with E-state index in [0.717, 1.165) is 18.2 Å². The van der Waals surface area contributed by atoms with Gasteiger partial charge >= 0.3 is 0 Å². The highest BCUT2D eigenvalue weighted by Crippen LogP contribution is 2.24. The molecule has 0 heterocycles. The highest BCUT2D eigenvalue weighted by molar-refractivity contribution is 8.13. The number of phenolic OH excluding ortho intramolecular Hbond substituents is 1. The van der Waals surface area contributed by atoms with Crippen LogP contribution in [0.4, 0.5) is 0 Å². The quantitative estimate of drug-likeness (QED) is 0.517. The average molecular weight is 290 g/mol. The van der Waals surface area contributed by atoms with E-state index in [9.17, 15) is 18.3 Å². The van der Waals surface area contributed by atoms with Crippen LogP contribution in [0.5, 0.6) is 5.75 Å². The first-order valence-electron chi connectivity index (χ1n) is 4.88. The molecule has 0 saturated heterocycles. The minimum Gasteiger partial charge on any atom is -0.507 e. The van der Waals surface area contributed by atoms with Gasteiger partial charge in [0.1, 0.15) is 5.75 Å². The summed E-state index contributed by atoms with van der Waals surface area (Å²) in [7, 11) is 4.69. The Balaban J connectivity index is 3.20. The molecule has 1 aromatic rings. The Morgan fingerprint density at radius 1 is 1.39 bits per heavy atom. The van der Waals surface area contributed by atoms with Gasteiger partial charge in [-0.2, -0.15) is 0 Å². The van der Waals surface area contributed by atoms with Crippen molar-refractivity contribution in [2.75, 3.05) is 14.1 Å². The molecule has 5 nitrogen and oxygen atoms in total. The van der Waals surface area contributed by atoms with Gasteiger partial charge in [0.2, 0.25) is 0 Å². The van der Waals surface area contributed by atoms with E-state index in [2.05, 4.69) is 0 Å². The van der Waals surface area contributed by atoms with E-state index >= 15 is 0 Å². The maximum Gasteiger partial charge on any atom is 0.261 e. The summed E-state index contributed by atoms with van der Waals surface area (Å²) in [6, 6.07) is 3.29. The smallest absolute Gasteiger partial charge is 0.261 e. The van der Waals surface area contributed by atoms with Crippen molar-refractivity contribution in [3.05, 3.63) is 36.0 Å². The summed E-state index contributed by atoms with van der Waals surface area (Å²) < 4.78 is 22.3. The number of benzene rings is 1. The number of phenols is 1. The van der Waals surface area contributed by atoms with Crippen molar-refractivity contribution in [1.82, 2.24) is 4.90 Å². The number of nitrogens with zero attached hydrogens (tertiary/aromatic N) is 1. The van der Waals surface area contributed by atoms with Gasteiger partial charge in [-0.1, -0.05) is 0 Å². The fourth-order valence-electron chi connectivity index (χ4n) is 1.17. The number of carbonyl (C=O) groups is 1. The van der Waals surface area contributed by atoms with Gasteiger partial charge in [0, 0.05) is 37.1 Å². The molecule has 1 N–H and O–H groups in total. The van der Waals surface area contributed by atoms with E-state index in [1.165, 1.54) is 12.3 Å². The summed E-state index contributed by atoms with van der Waals surface area (Å²) >= 11 is 0. The molecule has 0 atom stereocenters. The number of ketones is 1. The highest BCUT2D eigenvalue weighted by atomic mass is 35.7. The van der Waals surface area contributed by atoms with Gasteiger partial charge in [-0.05, 0) is 18.2 Å². The monoisotopic (exact) mass is 289 g/mol. The standard InChI is InChI=1S/C11H12ClNO4S/c1-13(2)6-5-11(15)9-7-8(18(12,16)17)3-4-10(9)14/h3-7,14H,1-2H3/b6-5+. The van der Waals surface area contributed by atoms with Crippen molar-refractivity contribution < 1.29 is 18.3 Å². The first kappa shape index (κ1) is 14.5. The number of allylic oxidation sites excluding steroid dienone is 1. The van der Waals surface area contributed by atoms with Crippen molar-refractivity contribution in [3.63, 3.8) is 0 Å². The Labute approximate surface area is 110 Å². The zero-order valence-corrected chi connectivity index (χ0v) is 11.4. The third-order valence-electron chi connectivity index (χ3n) is 2.04. The number of aromatic hydroxyl groups is 1. The number of halogens is 1. The maximum absolute atomic E-state index is 11.7. The molecule has 0 aliphatic carbocycles. The van der Waals surface area contributed by atoms with Crippen molar-refractivity contribution in [1.29, 1.82) is 0 Å². The van der Waals surface area contributed by atoms with E-state index in [4.69, 9.17) is 10.7 Å². The molecule has 0 spiro atoms. The normalized spacial score (nSPS) is 11.7. The zero-order valence-electron chi connectivity index (χ0n) is 9.79. The number of hydrogen-bond donors (Lipinski definition) is 1. The molecular formula is C11H12ClNO4S. The van der Waals surface area contributed by atoms with Crippen LogP contribution in [0, 0.1) is 0 Å². The van der Waals surface area contributed by atoms with E-state index in [1.54, 1.807) is 19.0 Å². The van der Waals surface area contributed by atoms with Gasteiger partial charge in [-0.15, -0.1) is 0 Å². The molecular weight excluding hydrogens is 278 g/mol. The molecule has 98 valence electrons. The summed E-state index contributed by atoms with van der Waals surface area (Å²) in [4.78, 5) is 13.1. The largest absolute Gasteiger partial charge is 0.507 e. The fraction of sp³-hybridized carbons (Fsp3) is 0.182. The van der Waals surface area contributed by atoms with Crippen molar-refractivity contribution in [2.45, 2.75) is 4.90 Å². The average Bonchev–Trinajstić information content (AvgIpc) is 2.24. The van der Waals surface area contributed by atoms with E-state index < -0.39 is 14.8 Å². The molecule has 0 radical (unpaired) electrons. The molecule has 1 aromatic carbocycles. The van der Waals surface area contributed by atoms with Gasteiger partial charge in [-0.3, -0.25) is 4.79 Å². The Kier molecular flexibility index (Phi) is 4.37. The van der Waals surface area contributed by atoms with Crippen LogP contribution in [0.3, 0.4) is 0 Å². The molecule has 0 unspecified atom stereocenters. The third-order valence-corrected chi connectivity index (χ3v) is 3.39. The van der Waals surface area contributed by atoms with E-state index in [0.29, 0.717) is 0 Å². The number of rotatable bonds is 4. The Bertz CT molecular complexity index is 593. The highest BCUT2D eigenvalue weighted by Gasteiger charge is 2.15. The van der Waals surface area contributed by atoms with Crippen LogP contribution < -0.4 is 0 Å². The van der Waals surface area contributed by atoms with Gasteiger partial charge in [0.25, 0.3) is 9.05 Å². The predicted molar refractivity (Wildman–Crippen MR) is 68.3 cm³/mol. The lowest BCUT2D eigenvalue weighted by Crippen LogP contribution is -2.04. The van der Waals surface area contributed by atoms with Crippen molar-refractivity contribution in [3.8, 4) is 5.75 Å². The molecule has 18 heavy (non-hydrogen) atoms. The summed E-state index contributed by atoms with van der Waals surface area (Å²) in [6.45, 7) is 0. The van der Waals surface area contributed by atoms with Gasteiger partial charge in [-0.25, -0.2) is 8.42 Å². The lowest BCUT2D eigenvalue weighted by atomic mass is 10.1. The maximum atomic E-state index is 11.7. The summed E-state index contributed by atoms with van der Waals surface area (Å²) in [6.07, 6.45) is 2.71. The summed E-state index contributed by atoms with van der Waals surface area (Å²) in [5.41, 5.74) is -0.116. The Morgan fingerprint density at radius 3 is 2.50 bits per heavy atom. The Hall–Kier alpha value is -1.53. The molecule has 0 amide bonds. The Morgan fingerprint density at radius 2 is 2.00 bits per heavy atom. The second-order valence-corrected chi connectivity index (χ2v) is 6.33. The summed E-state index contributed by atoms with van der Waals surface area (Å²) in [5, 5.41) is 9.53. The van der Waals surface area contributed by atoms with Gasteiger partial charge < -0.3 is 10.0 Å². The molecule has 0 fully saturated rings. The van der Waals surface area contributed by atoms with E-state index in [1.807, 2.05) is 0 Å². The van der Waals surface area contributed by atoms with Gasteiger partial charge in [0.05, 0.1) is 10.5 Å². The second-order valence-electron chi connectivity index (χ2n) is 3.76. The van der Waals surface area contributed by atoms with Crippen LogP contribution in [-0.2, 0) is 9.05 Å². The minimum absolute atomic E-state index is 0.116. The molecule has 1 rings (SSSR count). The SMILES string of the molecule is CN(C)/C=C/C(=O)c1cc(S(=O)(=O)Cl)ccc1O. The molecule has 0 bridgehead atoms. The predicted octanol–water partition coefficient (Wildman–Crippen LogP) is 1.58. The molecule has 0 saturated carbocycles. The zero-order chi connectivity index (χ0) is 13.9. The van der Waals surface area contributed by atoms with Crippen LogP contribution in [0.25, 0.3) is 0 Å². The van der Waals surface area contributed by atoms with Crippen LogP contribution in [-0.4, -0.2) is 38.3 Å². The summed E-state index contributed by atoms with van der Waals surface area (Å²) in [5.74, 6) is -0.809. The van der Waals surface area contributed by atoms with Crippen LogP contribution in [0.15, 0.2) is 35.4 Å². The topological polar surface area (TPSA) is 74.7 Å². The van der Waals surface area contributed by atoms with Crippen molar-refractivity contribution >= 4 is 25.5 Å². The van der Waals surface area contributed by atoms with Crippen LogP contribution in [0.1, 0.15) is 10.4 Å². The molecule has 7 heteroatoms. The first-order chi connectivity index (χ1) is 8.21. The lowest BCUT2D eigenvalue weighted by Gasteiger charge is -2.05. The number of carbonyl (C=O) groups excluding carboxylic acids is 1. The second kappa shape index (κ2) is 5.41. The van der Waals surface area contributed by atoms with Crippen molar-refractivity contribution in [2.24, 2.45) is 0 Å². The fourth-order valence-corrected chi connectivity index (χ4v) is 1.95. The van der Waals surface area contributed by atoms with Crippen LogP contribution in [0.2, 0.25) is 0 Å². The lowest BCUT2D eigenvalue weighted by molar-refractivity contribution is 0.104. The third kappa shape index (κ3) is 3.75. The molecule has 0 aliphatic heterocycles. The van der Waals surface area contributed by atoms with Crippen LogP contribution >= 0.6 is 10.7 Å². The number of hydrogen-bond acceptors (Lipinski definition) is 5. The van der Waals surface area contributed by atoms with E-state index in [-0.39, 0.29) is 16.2 Å². The van der Waals surface area contributed by atoms with Gasteiger partial charge in [0.15, 0.2) is 5.78 Å².